The van der Waals surface area contributed by atoms with Gasteiger partial charge in [0.2, 0.25) is 5.75 Å². The predicted molar refractivity (Wildman–Crippen MR) is 126 cm³/mol. The molecule has 5 nitrogen and oxygen atoms in total. The molecule has 2 rings (SSSR count). The fourth-order valence-electron chi connectivity index (χ4n) is 2.70. The quantitative estimate of drug-likeness (QED) is 0.364. The van der Waals surface area contributed by atoms with Crippen LogP contribution < -0.4 is 23.4 Å². The van der Waals surface area contributed by atoms with Gasteiger partial charge >= 0.3 is 0 Å². The van der Waals surface area contributed by atoms with Crippen LogP contribution in [0.5, 0.6) is 28.7 Å². The van der Waals surface area contributed by atoms with Gasteiger partial charge in [0, 0.05) is 0 Å². The fraction of sp³-hybridized carbons (Fsp3) is 0.417. The van der Waals surface area contributed by atoms with Crippen LogP contribution in [0.2, 0.25) is 18.1 Å². The van der Waals surface area contributed by atoms with E-state index >= 15 is 0 Å². The molecule has 30 heavy (non-hydrogen) atoms. The first-order valence-corrected chi connectivity index (χ1v) is 12.8. The number of ether oxygens (including phenoxy) is 4. The lowest BCUT2D eigenvalue weighted by molar-refractivity contribution is 0.340. The summed E-state index contributed by atoms with van der Waals surface area (Å²) in [4.78, 5) is 0. The van der Waals surface area contributed by atoms with E-state index in [-0.39, 0.29) is 5.04 Å². The summed E-state index contributed by atoms with van der Waals surface area (Å²) in [6, 6.07) is 9.74. The van der Waals surface area contributed by atoms with Gasteiger partial charge in [-0.15, -0.1) is 0 Å². The lowest BCUT2D eigenvalue weighted by Crippen LogP contribution is -2.43. The van der Waals surface area contributed by atoms with Crippen LogP contribution in [-0.4, -0.2) is 36.8 Å². The van der Waals surface area contributed by atoms with Crippen LogP contribution >= 0.6 is 0 Å². The lowest BCUT2D eigenvalue weighted by Gasteiger charge is -2.37. The fourth-order valence-corrected chi connectivity index (χ4v) is 3.71. The molecular formula is C24H34O5Si. The standard InChI is InChI=1S/C24H34O5Si/c1-24(2,3)30(8,9)29-22-16-18(15-21(27-6)23(22)28-7)11-10-17-12-13-19(25-4)20(14-17)26-5/h10-16H,1-9H3/b11-10-. The van der Waals surface area contributed by atoms with Crippen molar-refractivity contribution in [1.29, 1.82) is 0 Å². The van der Waals surface area contributed by atoms with Crippen molar-refractivity contribution in [2.24, 2.45) is 0 Å². The Hall–Kier alpha value is -2.60. The summed E-state index contributed by atoms with van der Waals surface area (Å²) in [7, 11) is 4.47. The van der Waals surface area contributed by atoms with Gasteiger partial charge in [-0.2, -0.15) is 0 Å². The van der Waals surface area contributed by atoms with Crippen molar-refractivity contribution in [3.8, 4) is 28.7 Å². The van der Waals surface area contributed by atoms with E-state index in [1.54, 1.807) is 28.4 Å². The Morgan fingerprint density at radius 2 is 1.20 bits per heavy atom. The molecule has 0 saturated carbocycles. The minimum atomic E-state index is -2.05. The molecule has 0 unspecified atom stereocenters. The van der Waals surface area contributed by atoms with Crippen LogP contribution in [0.4, 0.5) is 0 Å². The molecule has 2 aromatic rings. The normalized spacial score (nSPS) is 12.0. The predicted octanol–water partition coefficient (Wildman–Crippen LogP) is 6.28. The smallest absolute Gasteiger partial charge is 0.250 e. The molecule has 0 aliphatic rings. The number of hydrogen-bond acceptors (Lipinski definition) is 5. The summed E-state index contributed by atoms with van der Waals surface area (Å²) < 4.78 is 28.4. The zero-order valence-corrected chi connectivity index (χ0v) is 20.6. The summed E-state index contributed by atoms with van der Waals surface area (Å²) in [6.07, 6.45) is 4.03. The van der Waals surface area contributed by atoms with Crippen molar-refractivity contribution < 1.29 is 23.4 Å². The molecule has 0 amide bonds. The Bertz CT molecular complexity index is 897. The summed E-state index contributed by atoms with van der Waals surface area (Å²) in [5.74, 6) is 3.35. The largest absolute Gasteiger partial charge is 0.541 e. The highest BCUT2D eigenvalue weighted by molar-refractivity contribution is 6.74. The van der Waals surface area contributed by atoms with Gasteiger partial charge in [0.25, 0.3) is 8.32 Å². The number of methoxy groups -OCH3 is 4. The second-order valence-electron chi connectivity index (χ2n) is 8.56. The van der Waals surface area contributed by atoms with E-state index in [4.69, 9.17) is 23.4 Å². The Kier molecular flexibility index (Phi) is 7.47. The minimum absolute atomic E-state index is 0.0662. The van der Waals surface area contributed by atoms with Gasteiger partial charge in [-0.05, 0) is 53.5 Å². The average molecular weight is 431 g/mol. The first kappa shape index (κ1) is 23.7. The van der Waals surface area contributed by atoms with Gasteiger partial charge in [0.15, 0.2) is 23.0 Å². The highest BCUT2D eigenvalue weighted by Crippen LogP contribution is 2.44. The second-order valence-corrected chi connectivity index (χ2v) is 13.3. The first-order chi connectivity index (χ1) is 14.1. The minimum Gasteiger partial charge on any atom is -0.541 e. The third-order valence-electron chi connectivity index (χ3n) is 5.51. The van der Waals surface area contributed by atoms with Crippen molar-refractivity contribution >= 4 is 20.5 Å². The van der Waals surface area contributed by atoms with Crippen molar-refractivity contribution in [3.05, 3.63) is 41.5 Å². The van der Waals surface area contributed by atoms with Crippen LogP contribution in [-0.2, 0) is 0 Å². The van der Waals surface area contributed by atoms with Crippen LogP contribution in [0.3, 0.4) is 0 Å². The van der Waals surface area contributed by atoms with E-state index in [0.29, 0.717) is 28.7 Å². The summed E-state index contributed by atoms with van der Waals surface area (Å²) in [5, 5.41) is 0.0662. The van der Waals surface area contributed by atoms with Crippen molar-refractivity contribution in [3.63, 3.8) is 0 Å². The maximum atomic E-state index is 6.55. The van der Waals surface area contributed by atoms with Gasteiger partial charge in [0.05, 0.1) is 28.4 Å². The summed E-state index contributed by atoms with van der Waals surface area (Å²) in [6.45, 7) is 11.1. The van der Waals surface area contributed by atoms with Gasteiger partial charge < -0.3 is 23.4 Å². The molecule has 0 aromatic heterocycles. The first-order valence-electron chi connectivity index (χ1n) is 9.91. The maximum absolute atomic E-state index is 6.55. The van der Waals surface area contributed by atoms with Gasteiger partial charge in [0.1, 0.15) is 0 Å². The number of rotatable bonds is 8. The van der Waals surface area contributed by atoms with E-state index in [1.165, 1.54) is 0 Å². The van der Waals surface area contributed by atoms with Gasteiger partial charge in [-0.25, -0.2) is 0 Å². The van der Waals surface area contributed by atoms with E-state index in [2.05, 4.69) is 33.9 Å². The molecule has 0 aliphatic carbocycles. The molecule has 0 heterocycles. The second kappa shape index (κ2) is 9.47. The molecule has 0 N–H and O–H groups in total. The molecule has 0 fully saturated rings. The molecule has 2 aromatic carbocycles. The summed E-state index contributed by atoms with van der Waals surface area (Å²) >= 11 is 0. The highest BCUT2D eigenvalue weighted by atomic mass is 28.4. The Morgan fingerprint density at radius 1 is 0.667 bits per heavy atom. The zero-order valence-electron chi connectivity index (χ0n) is 19.6. The van der Waals surface area contributed by atoms with Crippen LogP contribution in [0.1, 0.15) is 31.9 Å². The van der Waals surface area contributed by atoms with Gasteiger partial charge in [-0.3, -0.25) is 0 Å². The van der Waals surface area contributed by atoms with Crippen LogP contribution in [0, 0.1) is 0 Å². The van der Waals surface area contributed by atoms with Gasteiger partial charge in [-0.1, -0.05) is 39.0 Å². The molecule has 164 valence electrons. The third-order valence-corrected chi connectivity index (χ3v) is 9.86. The Morgan fingerprint density at radius 3 is 1.73 bits per heavy atom. The van der Waals surface area contributed by atoms with E-state index in [9.17, 15) is 0 Å². The highest BCUT2D eigenvalue weighted by Gasteiger charge is 2.39. The molecule has 0 spiro atoms. The Balaban J connectivity index is 2.45. The molecule has 0 atom stereocenters. The zero-order chi connectivity index (χ0) is 22.5. The molecular weight excluding hydrogens is 396 g/mol. The number of benzene rings is 2. The van der Waals surface area contributed by atoms with Crippen molar-refractivity contribution in [1.82, 2.24) is 0 Å². The SMILES string of the molecule is COc1ccc(/C=C\c2cc(OC)c(OC)c(O[Si](C)(C)C(C)(C)C)c2)cc1OC. The molecule has 0 saturated heterocycles. The molecule has 0 aliphatic heterocycles. The number of hydrogen-bond donors (Lipinski definition) is 0. The van der Waals surface area contributed by atoms with E-state index < -0.39 is 8.32 Å². The molecule has 0 radical (unpaired) electrons. The average Bonchev–Trinajstić information content (AvgIpc) is 2.70. The van der Waals surface area contributed by atoms with Crippen molar-refractivity contribution in [2.75, 3.05) is 28.4 Å². The summed E-state index contributed by atoms with van der Waals surface area (Å²) in [5.41, 5.74) is 1.95. The molecule has 6 heteroatoms. The molecule has 0 bridgehead atoms. The van der Waals surface area contributed by atoms with E-state index in [0.717, 1.165) is 11.1 Å². The van der Waals surface area contributed by atoms with E-state index in [1.807, 2.05) is 42.5 Å². The van der Waals surface area contributed by atoms with Crippen molar-refractivity contribution in [2.45, 2.75) is 38.9 Å². The Labute approximate surface area is 181 Å². The monoisotopic (exact) mass is 430 g/mol. The van der Waals surface area contributed by atoms with Crippen LogP contribution in [0.15, 0.2) is 30.3 Å². The van der Waals surface area contributed by atoms with Crippen LogP contribution in [0.25, 0.3) is 12.2 Å². The lowest BCUT2D eigenvalue weighted by atomic mass is 10.1. The third kappa shape index (κ3) is 5.30. The maximum Gasteiger partial charge on any atom is 0.250 e. The topological polar surface area (TPSA) is 46.2 Å².